The third-order valence-electron chi connectivity index (χ3n) is 12.7. The number of rotatable bonds is 7. The van der Waals surface area contributed by atoms with Gasteiger partial charge in [-0.1, -0.05) is 11.2 Å². The second-order valence-corrected chi connectivity index (χ2v) is 16.4. The highest BCUT2D eigenvalue weighted by molar-refractivity contribution is 5.99. The summed E-state index contributed by atoms with van der Waals surface area (Å²) in [6.07, 6.45) is 8.37. The molecule has 2 aliphatic heterocycles. The molecule has 304 valence electrons. The van der Waals surface area contributed by atoms with E-state index in [4.69, 9.17) is 14.4 Å². The Morgan fingerprint density at radius 3 is 2.43 bits per heavy atom. The van der Waals surface area contributed by atoms with Crippen molar-refractivity contribution in [1.82, 2.24) is 48.3 Å². The van der Waals surface area contributed by atoms with Crippen LogP contribution >= 0.6 is 0 Å². The second kappa shape index (κ2) is 13.4. The van der Waals surface area contributed by atoms with Gasteiger partial charge in [0.15, 0.2) is 5.82 Å². The molecule has 0 spiro atoms. The lowest BCUT2D eigenvalue weighted by Crippen LogP contribution is -2.40. The number of amides is 1. The zero-order valence-electron chi connectivity index (χ0n) is 33.3. The topological polar surface area (TPSA) is 156 Å². The molecule has 7 heterocycles. The fourth-order valence-electron chi connectivity index (χ4n) is 9.47. The molecule has 60 heavy (non-hydrogen) atoms. The van der Waals surface area contributed by atoms with Gasteiger partial charge in [0, 0.05) is 61.1 Å². The maximum Gasteiger partial charge on any atom is 0.438 e. The van der Waals surface area contributed by atoms with E-state index in [9.17, 15) is 9.59 Å². The lowest BCUT2D eigenvalue weighted by molar-refractivity contribution is 0.0693. The fraction of sp³-hybridized carbons (Fsp3) is 0.318. The number of halogens is 1. The zero-order chi connectivity index (χ0) is 41.0. The van der Waals surface area contributed by atoms with E-state index in [-0.39, 0.29) is 24.0 Å². The van der Waals surface area contributed by atoms with E-state index in [1.807, 2.05) is 40.6 Å². The molecule has 3 aromatic carbocycles. The van der Waals surface area contributed by atoms with Crippen LogP contribution in [0.2, 0.25) is 0 Å². The predicted octanol–water partition coefficient (Wildman–Crippen LogP) is 5.85. The predicted molar refractivity (Wildman–Crippen MR) is 219 cm³/mol. The van der Waals surface area contributed by atoms with Crippen molar-refractivity contribution < 1.29 is 18.4 Å². The molecule has 8 aromatic rings. The summed E-state index contributed by atoms with van der Waals surface area (Å²) in [6, 6.07) is 17.5. The minimum Gasteiger partial charge on any atom is -0.381 e. The summed E-state index contributed by atoms with van der Waals surface area (Å²) in [7, 11) is 1.87. The van der Waals surface area contributed by atoms with Gasteiger partial charge in [-0.2, -0.15) is 10.2 Å². The molecule has 0 unspecified atom stereocenters. The molecule has 15 nitrogen and oxygen atoms in total. The van der Waals surface area contributed by atoms with Gasteiger partial charge in [-0.05, 0) is 111 Å². The number of hydrogen-bond acceptors (Lipinski definition) is 8. The molecule has 3 aliphatic rings. The molecular weight excluding hydrogens is 768 g/mol. The van der Waals surface area contributed by atoms with Gasteiger partial charge < -0.3 is 14.2 Å². The minimum absolute atomic E-state index is 0.141. The van der Waals surface area contributed by atoms with Crippen molar-refractivity contribution in [1.29, 1.82) is 0 Å². The third-order valence-corrected chi connectivity index (χ3v) is 12.7. The summed E-state index contributed by atoms with van der Waals surface area (Å²) < 4.78 is 34.4. The summed E-state index contributed by atoms with van der Waals surface area (Å²) >= 11 is 0. The lowest BCUT2D eigenvalue weighted by atomic mass is 9.91. The molecule has 5 aromatic heterocycles. The highest BCUT2D eigenvalue weighted by Crippen LogP contribution is 2.51. The van der Waals surface area contributed by atoms with Crippen LogP contribution in [0.1, 0.15) is 70.3 Å². The van der Waals surface area contributed by atoms with Crippen LogP contribution in [0.3, 0.4) is 0 Å². The number of nitrogens with one attached hydrogen (secondary N) is 1. The number of carbonyl (C=O) groups is 1. The monoisotopic (exact) mass is 808 g/mol. The van der Waals surface area contributed by atoms with Gasteiger partial charge in [0.05, 0.1) is 36.2 Å². The van der Waals surface area contributed by atoms with Crippen molar-refractivity contribution in [3.63, 3.8) is 0 Å². The highest BCUT2D eigenvalue weighted by Gasteiger charge is 2.52. The molecule has 1 aliphatic carbocycles. The molecule has 0 atom stereocenters. The largest absolute Gasteiger partial charge is 0.438 e. The third kappa shape index (κ3) is 5.57. The van der Waals surface area contributed by atoms with Crippen LogP contribution in [0.5, 0.6) is 0 Å². The summed E-state index contributed by atoms with van der Waals surface area (Å²) in [4.78, 5) is 46.4. The summed E-state index contributed by atoms with van der Waals surface area (Å²) in [5.41, 5.74) is 6.32. The van der Waals surface area contributed by atoms with Gasteiger partial charge in [-0.25, -0.2) is 14.0 Å². The maximum atomic E-state index is 15.1. The second-order valence-electron chi connectivity index (χ2n) is 16.4. The molecule has 16 heteroatoms. The number of hydrogen-bond donors (Lipinski definition) is 1. The van der Waals surface area contributed by atoms with Crippen LogP contribution in [0.4, 0.5) is 4.39 Å². The first-order chi connectivity index (χ1) is 29.1. The van der Waals surface area contributed by atoms with E-state index in [2.05, 4.69) is 33.4 Å². The van der Waals surface area contributed by atoms with E-state index < -0.39 is 11.3 Å². The van der Waals surface area contributed by atoms with Crippen molar-refractivity contribution >= 4 is 27.7 Å². The summed E-state index contributed by atoms with van der Waals surface area (Å²) in [6.45, 7) is 5.70. The summed E-state index contributed by atoms with van der Waals surface area (Å²) in [5.74, 6) is -0.420. The van der Waals surface area contributed by atoms with Gasteiger partial charge >= 0.3 is 11.4 Å². The molecule has 1 amide bonds. The van der Waals surface area contributed by atoms with E-state index in [1.54, 1.807) is 63.3 Å². The number of aromatic amines is 1. The van der Waals surface area contributed by atoms with Gasteiger partial charge in [0.1, 0.15) is 28.4 Å². The van der Waals surface area contributed by atoms with Crippen LogP contribution in [0, 0.1) is 19.7 Å². The van der Waals surface area contributed by atoms with Crippen LogP contribution in [-0.2, 0) is 30.4 Å². The van der Waals surface area contributed by atoms with E-state index in [0.717, 1.165) is 34.6 Å². The standard InChI is InChI=1S/C44H41FN10O5/c1-25-18-30(19-26(2)37(25)45)38-39(53-14-13-52(43(53)58)32-5-7-33-31(21-32)23-46-50(33)3)36-24-51(12-15-54(36)48-38)40(56)35-22-29-20-28(27-8-16-59-17-9-27)4-6-34(29)55(35)44(10-11-44)41-47-42(57)60-49-41/h4-7,13-14,18-23,27H,8-12,15-17,24H2,1-3H3,(H,47,49,57). The Morgan fingerprint density at radius 1 is 0.917 bits per heavy atom. The van der Waals surface area contributed by atoms with Crippen molar-refractivity contribution in [2.75, 3.05) is 19.8 Å². The Morgan fingerprint density at radius 2 is 1.68 bits per heavy atom. The maximum absolute atomic E-state index is 15.1. The molecule has 1 saturated heterocycles. The number of carbonyl (C=O) groups excluding carboxylic acids is 1. The van der Waals surface area contributed by atoms with Crippen LogP contribution in [-0.4, -0.2) is 74.0 Å². The number of aromatic nitrogens is 9. The van der Waals surface area contributed by atoms with Crippen molar-refractivity contribution in [3.8, 4) is 22.6 Å². The molecule has 0 radical (unpaired) electrons. The number of aryl methyl sites for hydroxylation is 3. The van der Waals surface area contributed by atoms with Gasteiger partial charge in [0.25, 0.3) is 5.91 Å². The number of ether oxygens (including phenoxy) is 1. The minimum atomic E-state index is -0.762. The smallest absolute Gasteiger partial charge is 0.381 e. The normalized spacial score (nSPS) is 16.6. The highest BCUT2D eigenvalue weighted by atomic mass is 19.1. The average molecular weight is 809 g/mol. The first kappa shape index (κ1) is 36.3. The average Bonchev–Trinajstić information content (AvgIpc) is 3.70. The quantitative estimate of drug-likeness (QED) is 0.210. The summed E-state index contributed by atoms with van der Waals surface area (Å²) in [5, 5.41) is 15.3. The number of fused-ring (bicyclic) bond motifs is 3. The molecule has 11 rings (SSSR count). The van der Waals surface area contributed by atoms with Gasteiger partial charge in [-0.3, -0.25) is 32.8 Å². The number of imidazole rings is 1. The Bertz CT molecular complexity index is 3140. The molecule has 1 N–H and O–H groups in total. The SMILES string of the molecule is Cc1cc(-c2nn3c(c2-n2ccn(-c4ccc5c(cnn5C)c4)c2=O)CN(C(=O)c2cc4cc(C5CCOCC5)ccc4n2C2(c4noc(=O)[nH]4)CC2)CC3)cc(C)c1F. The van der Waals surface area contributed by atoms with Gasteiger partial charge in [-0.15, -0.1) is 0 Å². The van der Waals surface area contributed by atoms with E-state index in [1.165, 1.54) is 5.56 Å². The first-order valence-corrected chi connectivity index (χ1v) is 20.3. The van der Waals surface area contributed by atoms with Crippen molar-refractivity contribution in [2.45, 2.75) is 64.1 Å². The number of nitrogens with zero attached hydrogens (tertiary/aromatic N) is 9. The fourth-order valence-corrected chi connectivity index (χ4v) is 9.47. The Kier molecular flexibility index (Phi) is 8.08. The van der Waals surface area contributed by atoms with Crippen LogP contribution < -0.4 is 11.4 Å². The van der Waals surface area contributed by atoms with Crippen molar-refractivity contribution in [3.05, 3.63) is 134 Å². The van der Waals surface area contributed by atoms with Crippen LogP contribution in [0.25, 0.3) is 44.4 Å². The zero-order valence-corrected chi connectivity index (χ0v) is 33.3. The Hall–Kier alpha value is -6.81. The molecule has 0 bridgehead atoms. The van der Waals surface area contributed by atoms with Crippen molar-refractivity contribution in [2.24, 2.45) is 7.05 Å². The Labute approximate surface area is 341 Å². The number of benzene rings is 3. The molecular formula is C44H41FN10O5. The lowest BCUT2D eigenvalue weighted by Gasteiger charge is -2.29. The van der Waals surface area contributed by atoms with E-state index >= 15 is 9.18 Å². The Balaban J connectivity index is 1.03. The van der Waals surface area contributed by atoms with Gasteiger partial charge in [0.2, 0.25) is 0 Å². The number of H-pyrrole nitrogens is 1. The van der Waals surface area contributed by atoms with Crippen LogP contribution in [0.15, 0.2) is 87.3 Å². The molecule has 2 fully saturated rings. The first-order valence-electron chi connectivity index (χ1n) is 20.3. The molecule has 1 saturated carbocycles. The van der Waals surface area contributed by atoms with E-state index in [0.29, 0.717) is 96.0 Å².